The molecule has 0 aliphatic heterocycles. The molecule has 1 atom stereocenters. The molecule has 0 saturated heterocycles. The summed E-state index contributed by atoms with van der Waals surface area (Å²) in [4.78, 5) is 0. The lowest BCUT2D eigenvalue weighted by atomic mass is 10.2. The van der Waals surface area contributed by atoms with Crippen molar-refractivity contribution in [1.29, 1.82) is 5.41 Å². The van der Waals surface area contributed by atoms with E-state index in [9.17, 15) is 0 Å². The molecule has 0 aliphatic rings. The van der Waals surface area contributed by atoms with E-state index in [1.54, 1.807) is 0 Å². The van der Waals surface area contributed by atoms with Gasteiger partial charge in [-0.3, -0.25) is 5.41 Å². The molecule has 0 amide bonds. The molecule has 0 heterocycles. The molecule has 4 nitrogen and oxygen atoms in total. The lowest BCUT2D eigenvalue weighted by Gasteiger charge is -2.14. The molecule has 1 unspecified atom stereocenters. The van der Waals surface area contributed by atoms with Crippen LogP contribution in [0.4, 0.5) is 0 Å². The van der Waals surface area contributed by atoms with Crippen LogP contribution in [0.25, 0.3) is 0 Å². The van der Waals surface area contributed by atoms with Gasteiger partial charge in [-0.25, -0.2) is 0 Å². The van der Waals surface area contributed by atoms with Crippen LogP contribution >= 0.6 is 0 Å². The van der Waals surface area contributed by atoms with Crippen molar-refractivity contribution >= 4 is 5.84 Å². The Morgan fingerprint density at radius 1 is 1.36 bits per heavy atom. The van der Waals surface area contributed by atoms with Crippen molar-refractivity contribution in [3.63, 3.8) is 0 Å². The average molecular weight is 202 g/mol. The standard InChI is InChI=1S/C10H22N2O2/c1-4-9(10(11)12)14-6-5-13-7-8(2)3/h8-9H,4-7H2,1-3H3,(H3,11,12). The molecule has 3 N–H and O–H groups in total. The van der Waals surface area contributed by atoms with E-state index >= 15 is 0 Å². The largest absolute Gasteiger partial charge is 0.385 e. The molecule has 0 aliphatic carbocycles. The number of amidine groups is 1. The summed E-state index contributed by atoms with van der Waals surface area (Å²) in [5.41, 5.74) is 5.33. The highest BCUT2D eigenvalue weighted by molar-refractivity contribution is 5.81. The second-order valence-electron chi connectivity index (χ2n) is 3.69. The molecule has 0 fully saturated rings. The summed E-state index contributed by atoms with van der Waals surface area (Å²) in [5.74, 6) is 0.640. The first-order chi connectivity index (χ1) is 6.57. The summed E-state index contributed by atoms with van der Waals surface area (Å²) < 4.78 is 10.7. The molecule has 0 aromatic heterocycles. The van der Waals surface area contributed by atoms with Gasteiger partial charge in [-0.1, -0.05) is 20.8 Å². The van der Waals surface area contributed by atoms with Gasteiger partial charge in [0.15, 0.2) is 0 Å². The van der Waals surface area contributed by atoms with E-state index in [2.05, 4.69) is 13.8 Å². The maximum Gasteiger partial charge on any atom is 0.120 e. The molecule has 14 heavy (non-hydrogen) atoms. The van der Waals surface area contributed by atoms with Crippen molar-refractivity contribution < 1.29 is 9.47 Å². The Bertz CT molecular complexity index is 160. The Labute approximate surface area is 86.3 Å². The summed E-state index contributed by atoms with van der Waals surface area (Å²) >= 11 is 0. The second kappa shape index (κ2) is 7.76. The van der Waals surface area contributed by atoms with Crippen molar-refractivity contribution in [3.8, 4) is 0 Å². The van der Waals surface area contributed by atoms with Crippen LogP contribution in [-0.2, 0) is 9.47 Å². The number of nitrogens with one attached hydrogen (secondary N) is 1. The van der Waals surface area contributed by atoms with Crippen LogP contribution in [0.5, 0.6) is 0 Å². The monoisotopic (exact) mass is 202 g/mol. The van der Waals surface area contributed by atoms with Gasteiger partial charge in [0.2, 0.25) is 0 Å². The third-order valence-electron chi connectivity index (χ3n) is 1.72. The first-order valence-electron chi connectivity index (χ1n) is 5.11. The SMILES string of the molecule is CCC(OCCOCC(C)C)C(=N)N. The van der Waals surface area contributed by atoms with Gasteiger partial charge in [0.1, 0.15) is 11.9 Å². The van der Waals surface area contributed by atoms with Crippen molar-refractivity contribution in [3.05, 3.63) is 0 Å². The van der Waals surface area contributed by atoms with Crippen LogP contribution < -0.4 is 5.73 Å². The smallest absolute Gasteiger partial charge is 0.120 e. The fraction of sp³-hybridized carbons (Fsp3) is 0.900. The Hall–Kier alpha value is -0.610. The Kier molecular flexibility index (Phi) is 7.42. The van der Waals surface area contributed by atoms with E-state index in [-0.39, 0.29) is 11.9 Å². The van der Waals surface area contributed by atoms with Gasteiger partial charge >= 0.3 is 0 Å². The van der Waals surface area contributed by atoms with Gasteiger partial charge in [-0.15, -0.1) is 0 Å². The van der Waals surface area contributed by atoms with Gasteiger partial charge in [-0.2, -0.15) is 0 Å². The van der Waals surface area contributed by atoms with Crippen molar-refractivity contribution in [1.82, 2.24) is 0 Å². The molecule has 0 saturated carbocycles. The zero-order chi connectivity index (χ0) is 11.0. The highest BCUT2D eigenvalue weighted by Gasteiger charge is 2.08. The van der Waals surface area contributed by atoms with Crippen LogP contribution in [0, 0.1) is 11.3 Å². The fourth-order valence-electron chi connectivity index (χ4n) is 0.996. The minimum Gasteiger partial charge on any atom is -0.385 e. The minimum atomic E-state index is -0.252. The number of hydrogen-bond acceptors (Lipinski definition) is 3. The Morgan fingerprint density at radius 2 is 2.00 bits per heavy atom. The summed E-state index contributed by atoms with van der Waals surface area (Å²) in [6, 6.07) is 0. The summed E-state index contributed by atoms with van der Waals surface area (Å²) in [6.07, 6.45) is 0.483. The van der Waals surface area contributed by atoms with Gasteiger partial charge in [-0.05, 0) is 12.3 Å². The fourth-order valence-corrected chi connectivity index (χ4v) is 0.996. The first kappa shape index (κ1) is 13.4. The van der Waals surface area contributed by atoms with Crippen molar-refractivity contribution in [2.75, 3.05) is 19.8 Å². The van der Waals surface area contributed by atoms with E-state index in [4.69, 9.17) is 20.6 Å². The average Bonchev–Trinajstić information content (AvgIpc) is 2.10. The van der Waals surface area contributed by atoms with Crippen LogP contribution in [0.2, 0.25) is 0 Å². The maximum absolute atomic E-state index is 7.21. The van der Waals surface area contributed by atoms with Gasteiger partial charge in [0.05, 0.1) is 13.2 Å². The van der Waals surface area contributed by atoms with Gasteiger partial charge in [0.25, 0.3) is 0 Å². The number of nitrogens with two attached hydrogens (primary N) is 1. The second-order valence-corrected chi connectivity index (χ2v) is 3.69. The topological polar surface area (TPSA) is 68.3 Å². The predicted octanol–water partition coefficient (Wildman–Crippen LogP) is 1.39. The number of rotatable bonds is 8. The summed E-state index contributed by atoms with van der Waals surface area (Å²) in [7, 11) is 0. The normalized spacial score (nSPS) is 13.1. The summed E-state index contributed by atoms with van der Waals surface area (Å²) in [5, 5.41) is 7.21. The van der Waals surface area contributed by atoms with E-state index in [0.29, 0.717) is 19.1 Å². The summed E-state index contributed by atoms with van der Waals surface area (Å²) in [6.45, 7) is 7.98. The van der Waals surface area contributed by atoms with Crippen LogP contribution in [-0.4, -0.2) is 31.8 Å². The highest BCUT2D eigenvalue weighted by Crippen LogP contribution is 1.97. The van der Waals surface area contributed by atoms with Gasteiger partial charge in [0, 0.05) is 6.61 Å². The zero-order valence-corrected chi connectivity index (χ0v) is 9.38. The number of ether oxygens (including phenoxy) is 2. The molecule has 0 bridgehead atoms. The third kappa shape index (κ3) is 6.86. The van der Waals surface area contributed by atoms with Crippen molar-refractivity contribution in [2.24, 2.45) is 11.7 Å². The third-order valence-corrected chi connectivity index (χ3v) is 1.72. The Balaban J connectivity index is 3.38. The quantitative estimate of drug-likeness (QED) is 0.355. The Morgan fingerprint density at radius 3 is 2.43 bits per heavy atom. The molecule has 4 heteroatoms. The number of hydrogen-bond donors (Lipinski definition) is 2. The molecular weight excluding hydrogens is 180 g/mol. The molecular formula is C10H22N2O2. The van der Waals surface area contributed by atoms with Gasteiger partial charge < -0.3 is 15.2 Å². The van der Waals surface area contributed by atoms with Crippen LogP contribution in [0.1, 0.15) is 27.2 Å². The molecule has 0 rings (SSSR count). The molecule has 0 aromatic rings. The lowest BCUT2D eigenvalue weighted by molar-refractivity contribution is 0.0207. The maximum atomic E-state index is 7.21. The van der Waals surface area contributed by atoms with E-state index in [0.717, 1.165) is 13.0 Å². The zero-order valence-electron chi connectivity index (χ0n) is 9.38. The predicted molar refractivity (Wildman–Crippen MR) is 57.6 cm³/mol. The van der Waals surface area contributed by atoms with Crippen LogP contribution in [0.3, 0.4) is 0 Å². The van der Waals surface area contributed by atoms with Crippen LogP contribution in [0.15, 0.2) is 0 Å². The molecule has 0 aromatic carbocycles. The van der Waals surface area contributed by atoms with E-state index < -0.39 is 0 Å². The molecule has 0 spiro atoms. The first-order valence-corrected chi connectivity index (χ1v) is 5.11. The highest BCUT2D eigenvalue weighted by atomic mass is 16.5. The molecule has 84 valence electrons. The van der Waals surface area contributed by atoms with E-state index in [1.165, 1.54) is 0 Å². The minimum absolute atomic E-state index is 0.0939. The molecule has 0 radical (unpaired) electrons. The lowest BCUT2D eigenvalue weighted by Crippen LogP contribution is -2.31. The van der Waals surface area contributed by atoms with Crippen molar-refractivity contribution in [2.45, 2.75) is 33.3 Å². The van der Waals surface area contributed by atoms with E-state index in [1.807, 2.05) is 6.92 Å².